The summed E-state index contributed by atoms with van der Waals surface area (Å²) in [5.41, 5.74) is 4.87. The van der Waals surface area contributed by atoms with Gasteiger partial charge in [-0.1, -0.05) is 24.3 Å². The van der Waals surface area contributed by atoms with E-state index >= 15 is 0 Å². The van der Waals surface area contributed by atoms with Crippen molar-refractivity contribution in [1.82, 2.24) is 20.0 Å². The van der Waals surface area contributed by atoms with E-state index in [0.29, 0.717) is 18.7 Å². The number of nitrogens with zero attached hydrogens (tertiary/aromatic N) is 3. The molecule has 0 saturated carbocycles. The van der Waals surface area contributed by atoms with Crippen molar-refractivity contribution in [1.29, 1.82) is 0 Å². The fourth-order valence-corrected chi connectivity index (χ4v) is 3.62. The molecule has 0 saturated heterocycles. The molecule has 0 aliphatic carbocycles. The second kappa shape index (κ2) is 7.60. The van der Waals surface area contributed by atoms with Crippen LogP contribution in [-0.4, -0.2) is 40.8 Å². The number of benzene rings is 1. The number of fused-ring (bicyclic) bond motifs is 1. The molecule has 1 amide bonds. The van der Waals surface area contributed by atoms with E-state index in [1.165, 1.54) is 5.56 Å². The highest BCUT2D eigenvalue weighted by Crippen LogP contribution is 2.31. The molecule has 1 N–H and O–H groups in total. The number of carbonyl (C=O) groups excluding carboxylic acids is 1. The molecule has 3 rings (SSSR count). The summed E-state index contributed by atoms with van der Waals surface area (Å²) in [5, 5.41) is 7.56. The smallest absolute Gasteiger partial charge is 0.270 e. The molecule has 2 atom stereocenters. The summed E-state index contributed by atoms with van der Waals surface area (Å²) in [6.45, 7) is 5.40. The molecule has 0 unspecified atom stereocenters. The van der Waals surface area contributed by atoms with Crippen molar-refractivity contribution < 1.29 is 9.53 Å². The quantitative estimate of drug-likeness (QED) is 0.894. The van der Waals surface area contributed by atoms with Gasteiger partial charge in [-0.2, -0.15) is 5.10 Å². The van der Waals surface area contributed by atoms with Crippen LogP contribution in [0.15, 0.2) is 24.3 Å². The number of rotatable bonds is 5. The predicted octanol–water partition coefficient (Wildman–Crippen LogP) is 2.43. The minimum atomic E-state index is -0.0828. The van der Waals surface area contributed by atoms with Crippen LogP contribution in [0.3, 0.4) is 0 Å². The lowest BCUT2D eigenvalue weighted by Crippen LogP contribution is -2.28. The summed E-state index contributed by atoms with van der Waals surface area (Å²) in [7, 11) is 5.92. The van der Waals surface area contributed by atoms with Crippen LogP contribution in [0.1, 0.15) is 52.8 Å². The first-order valence-electron chi connectivity index (χ1n) is 9.07. The van der Waals surface area contributed by atoms with E-state index in [2.05, 4.69) is 27.4 Å². The lowest BCUT2D eigenvalue weighted by Gasteiger charge is -2.24. The summed E-state index contributed by atoms with van der Waals surface area (Å²) in [4.78, 5) is 15.0. The van der Waals surface area contributed by atoms with Crippen LogP contribution in [-0.2, 0) is 31.3 Å². The van der Waals surface area contributed by atoms with Crippen molar-refractivity contribution in [2.24, 2.45) is 7.05 Å². The van der Waals surface area contributed by atoms with Gasteiger partial charge in [0, 0.05) is 32.1 Å². The maximum absolute atomic E-state index is 12.8. The Labute approximate surface area is 155 Å². The molecular formula is C20H28N4O2. The number of amides is 1. The number of aryl methyl sites for hydroxylation is 1. The van der Waals surface area contributed by atoms with E-state index in [1.54, 1.807) is 4.68 Å². The number of hydrogen-bond donors (Lipinski definition) is 1. The third-order valence-electron chi connectivity index (χ3n) is 4.65. The third-order valence-corrected chi connectivity index (χ3v) is 4.65. The molecule has 0 spiro atoms. The Morgan fingerprint density at radius 2 is 2.08 bits per heavy atom. The normalized spacial score (nSPS) is 19.5. The minimum absolute atomic E-state index is 0.0794. The van der Waals surface area contributed by atoms with Gasteiger partial charge in [-0.25, -0.2) is 0 Å². The highest BCUT2D eigenvalue weighted by molar-refractivity contribution is 5.94. The molecule has 0 bridgehead atoms. The molecule has 1 aromatic carbocycles. The van der Waals surface area contributed by atoms with Gasteiger partial charge in [0.25, 0.3) is 5.91 Å². The van der Waals surface area contributed by atoms with Crippen LogP contribution in [0.4, 0.5) is 0 Å². The minimum Gasteiger partial charge on any atom is -0.369 e. The zero-order valence-corrected chi connectivity index (χ0v) is 16.2. The van der Waals surface area contributed by atoms with Crippen LogP contribution >= 0.6 is 0 Å². The first-order valence-corrected chi connectivity index (χ1v) is 9.07. The summed E-state index contributed by atoms with van der Waals surface area (Å²) < 4.78 is 7.50. The lowest BCUT2D eigenvalue weighted by atomic mass is 9.99. The van der Waals surface area contributed by atoms with E-state index in [9.17, 15) is 4.79 Å². The number of ether oxygens (including phenoxy) is 1. The zero-order chi connectivity index (χ0) is 18.8. The van der Waals surface area contributed by atoms with Crippen LogP contribution in [0.5, 0.6) is 0 Å². The summed E-state index contributed by atoms with van der Waals surface area (Å²) in [5.74, 6) is -0.0828. The van der Waals surface area contributed by atoms with Crippen molar-refractivity contribution in [2.75, 3.05) is 14.1 Å². The molecular weight excluding hydrogens is 328 g/mol. The molecule has 26 heavy (non-hydrogen) atoms. The van der Waals surface area contributed by atoms with Crippen LogP contribution in [0.2, 0.25) is 0 Å². The Hall–Kier alpha value is -2.18. The molecule has 6 heteroatoms. The van der Waals surface area contributed by atoms with Gasteiger partial charge < -0.3 is 15.0 Å². The van der Waals surface area contributed by atoms with E-state index in [-0.39, 0.29) is 18.1 Å². The first kappa shape index (κ1) is 18.6. The molecule has 2 aromatic rings. The molecule has 6 nitrogen and oxygen atoms in total. The Kier molecular flexibility index (Phi) is 5.44. The summed E-state index contributed by atoms with van der Waals surface area (Å²) in [6, 6.07) is 8.31. The van der Waals surface area contributed by atoms with Gasteiger partial charge in [0.2, 0.25) is 0 Å². The van der Waals surface area contributed by atoms with Crippen LogP contribution in [0, 0.1) is 0 Å². The van der Waals surface area contributed by atoms with E-state index in [4.69, 9.17) is 4.74 Å². The Morgan fingerprint density at radius 3 is 2.81 bits per heavy atom. The van der Waals surface area contributed by atoms with Crippen molar-refractivity contribution in [3.05, 3.63) is 52.3 Å². The largest absolute Gasteiger partial charge is 0.369 e. The second-order valence-corrected chi connectivity index (χ2v) is 7.37. The molecule has 0 radical (unpaired) electrons. The summed E-state index contributed by atoms with van der Waals surface area (Å²) in [6.07, 6.45) is 0.731. The fraction of sp³-hybridized carbons (Fsp3) is 0.500. The Balaban J connectivity index is 1.74. The van der Waals surface area contributed by atoms with Gasteiger partial charge in [-0.05, 0) is 39.1 Å². The van der Waals surface area contributed by atoms with E-state index in [1.807, 2.05) is 47.1 Å². The average molecular weight is 356 g/mol. The highest BCUT2D eigenvalue weighted by Gasteiger charge is 2.31. The topological polar surface area (TPSA) is 59.4 Å². The zero-order valence-electron chi connectivity index (χ0n) is 16.2. The summed E-state index contributed by atoms with van der Waals surface area (Å²) >= 11 is 0. The fourth-order valence-electron chi connectivity index (χ4n) is 3.62. The maximum Gasteiger partial charge on any atom is 0.270 e. The number of carbonyl (C=O) groups is 1. The van der Waals surface area contributed by atoms with Gasteiger partial charge in [0.15, 0.2) is 0 Å². The molecule has 1 aromatic heterocycles. The van der Waals surface area contributed by atoms with Gasteiger partial charge in [0.1, 0.15) is 5.69 Å². The molecule has 1 aliphatic rings. The Morgan fingerprint density at radius 1 is 1.35 bits per heavy atom. The van der Waals surface area contributed by atoms with Crippen molar-refractivity contribution in [3.8, 4) is 0 Å². The van der Waals surface area contributed by atoms with Gasteiger partial charge >= 0.3 is 0 Å². The Bertz CT molecular complexity index is 797. The molecule has 1 aliphatic heterocycles. The third kappa shape index (κ3) is 3.97. The molecule has 0 fully saturated rings. The van der Waals surface area contributed by atoms with Crippen molar-refractivity contribution in [2.45, 2.75) is 45.6 Å². The molecule has 2 heterocycles. The van der Waals surface area contributed by atoms with Crippen molar-refractivity contribution in [3.63, 3.8) is 0 Å². The van der Waals surface area contributed by atoms with Crippen molar-refractivity contribution >= 4 is 5.91 Å². The van der Waals surface area contributed by atoms with Crippen LogP contribution in [0.25, 0.3) is 0 Å². The average Bonchev–Trinajstić information content (AvgIpc) is 2.89. The van der Waals surface area contributed by atoms with Gasteiger partial charge in [-0.15, -0.1) is 0 Å². The first-order chi connectivity index (χ1) is 12.3. The number of hydrogen-bond acceptors (Lipinski definition) is 4. The lowest BCUT2D eigenvalue weighted by molar-refractivity contribution is -0.00710. The number of aromatic nitrogens is 2. The van der Waals surface area contributed by atoms with Crippen LogP contribution < -0.4 is 5.32 Å². The standard InChI is InChI=1S/C20H28N4O2/c1-13-9-17-18(14(2)26-13)22-24(5)19(17)20(25)21-11-15-7-6-8-16(10-15)12-23(3)4/h6-8,10,13-14H,9,11-12H2,1-5H3,(H,21,25)/t13-,14+/m1/s1. The van der Waals surface area contributed by atoms with Gasteiger partial charge in [-0.3, -0.25) is 9.48 Å². The predicted molar refractivity (Wildman–Crippen MR) is 101 cm³/mol. The van der Waals surface area contributed by atoms with E-state index in [0.717, 1.165) is 23.4 Å². The maximum atomic E-state index is 12.8. The molecule has 140 valence electrons. The van der Waals surface area contributed by atoms with E-state index < -0.39 is 0 Å². The number of nitrogens with one attached hydrogen (secondary N) is 1. The second-order valence-electron chi connectivity index (χ2n) is 7.37. The highest BCUT2D eigenvalue weighted by atomic mass is 16.5. The monoisotopic (exact) mass is 356 g/mol. The van der Waals surface area contributed by atoms with Gasteiger partial charge in [0.05, 0.1) is 17.9 Å². The SMILES string of the molecule is C[C@@H]1Cc2c(nn(C)c2C(=O)NCc2cccc(CN(C)C)c2)[C@H](C)O1.